The summed E-state index contributed by atoms with van der Waals surface area (Å²) in [6, 6.07) is 7.66. The van der Waals surface area contributed by atoms with Gasteiger partial charge in [0.1, 0.15) is 0 Å². The number of aryl methyl sites for hydroxylation is 1. The molecule has 0 radical (unpaired) electrons. The Kier molecular flexibility index (Phi) is 3.91. The highest BCUT2D eigenvalue weighted by Gasteiger charge is 2.13. The zero-order valence-corrected chi connectivity index (χ0v) is 10.3. The molecule has 0 saturated heterocycles. The fraction of sp³-hybridized carbons (Fsp3) is 0.500. The molecule has 0 unspecified atom stereocenters. The lowest BCUT2D eigenvalue weighted by Gasteiger charge is -2.07. The van der Waals surface area contributed by atoms with Crippen molar-refractivity contribution in [3.63, 3.8) is 0 Å². The molecule has 0 aliphatic heterocycles. The van der Waals surface area contributed by atoms with E-state index in [2.05, 4.69) is 0 Å². The van der Waals surface area contributed by atoms with Crippen LogP contribution in [0.4, 0.5) is 0 Å². The topological polar surface area (TPSA) is 34.1 Å². The quantitative estimate of drug-likeness (QED) is 0.790. The molecule has 2 nitrogen and oxygen atoms in total. The molecule has 15 heavy (non-hydrogen) atoms. The van der Waals surface area contributed by atoms with Crippen molar-refractivity contribution in [3.8, 4) is 0 Å². The SMILES string of the molecule is Cc1cccc(CS(=O)(=O)CC(C)C)c1. The van der Waals surface area contributed by atoms with Crippen LogP contribution in [0.2, 0.25) is 0 Å². The van der Waals surface area contributed by atoms with Crippen molar-refractivity contribution < 1.29 is 8.42 Å². The van der Waals surface area contributed by atoms with Gasteiger partial charge in [0, 0.05) is 0 Å². The van der Waals surface area contributed by atoms with Crippen molar-refractivity contribution in [3.05, 3.63) is 35.4 Å². The lowest BCUT2D eigenvalue weighted by molar-refractivity contribution is 0.581. The van der Waals surface area contributed by atoms with Gasteiger partial charge in [0.15, 0.2) is 9.84 Å². The zero-order valence-electron chi connectivity index (χ0n) is 9.53. The molecular weight excluding hydrogens is 208 g/mol. The second-order valence-corrected chi connectivity index (χ2v) is 6.55. The maximum atomic E-state index is 11.7. The van der Waals surface area contributed by atoms with Crippen molar-refractivity contribution in [2.24, 2.45) is 5.92 Å². The lowest BCUT2D eigenvalue weighted by Crippen LogP contribution is -2.13. The maximum absolute atomic E-state index is 11.7. The van der Waals surface area contributed by atoms with E-state index >= 15 is 0 Å². The Morgan fingerprint density at radius 1 is 1.27 bits per heavy atom. The highest BCUT2D eigenvalue weighted by molar-refractivity contribution is 7.90. The van der Waals surface area contributed by atoms with E-state index < -0.39 is 9.84 Å². The molecule has 84 valence electrons. The van der Waals surface area contributed by atoms with Crippen molar-refractivity contribution in [2.75, 3.05) is 5.75 Å². The number of hydrogen-bond donors (Lipinski definition) is 0. The molecule has 0 atom stereocenters. The fourth-order valence-corrected chi connectivity index (χ4v) is 3.44. The Morgan fingerprint density at radius 2 is 1.93 bits per heavy atom. The monoisotopic (exact) mass is 226 g/mol. The van der Waals surface area contributed by atoms with Gasteiger partial charge in [-0.1, -0.05) is 43.7 Å². The van der Waals surface area contributed by atoms with E-state index in [-0.39, 0.29) is 17.4 Å². The fourth-order valence-electron chi connectivity index (χ4n) is 1.62. The summed E-state index contributed by atoms with van der Waals surface area (Å²) in [5.41, 5.74) is 1.99. The maximum Gasteiger partial charge on any atom is 0.154 e. The number of benzene rings is 1. The second kappa shape index (κ2) is 4.79. The molecule has 0 aliphatic carbocycles. The van der Waals surface area contributed by atoms with E-state index in [0.29, 0.717) is 0 Å². The first-order valence-corrected chi connectivity index (χ1v) is 6.97. The summed E-state index contributed by atoms with van der Waals surface area (Å²) in [6.45, 7) is 5.82. The molecule has 0 N–H and O–H groups in total. The number of sulfone groups is 1. The first-order chi connectivity index (χ1) is 6.89. The average molecular weight is 226 g/mol. The summed E-state index contributed by atoms with van der Waals surface area (Å²) in [6.07, 6.45) is 0. The van der Waals surface area contributed by atoms with E-state index in [1.165, 1.54) is 0 Å². The zero-order chi connectivity index (χ0) is 11.5. The Bertz CT molecular complexity index is 419. The van der Waals surface area contributed by atoms with Gasteiger partial charge >= 0.3 is 0 Å². The molecule has 1 aromatic carbocycles. The summed E-state index contributed by atoms with van der Waals surface area (Å²) >= 11 is 0. The molecular formula is C12H18O2S. The van der Waals surface area contributed by atoms with Gasteiger partial charge in [-0.05, 0) is 18.4 Å². The number of rotatable bonds is 4. The normalized spacial score (nSPS) is 12.0. The van der Waals surface area contributed by atoms with Gasteiger partial charge in [-0.15, -0.1) is 0 Å². The summed E-state index contributed by atoms with van der Waals surface area (Å²) in [5.74, 6) is 0.619. The molecule has 0 spiro atoms. The Labute approximate surface area is 92.2 Å². The molecule has 0 aliphatic rings. The van der Waals surface area contributed by atoms with Crippen LogP contribution in [0.25, 0.3) is 0 Å². The van der Waals surface area contributed by atoms with Gasteiger partial charge in [-0.2, -0.15) is 0 Å². The van der Waals surface area contributed by atoms with Crippen LogP contribution in [0.15, 0.2) is 24.3 Å². The van der Waals surface area contributed by atoms with Crippen LogP contribution in [-0.2, 0) is 15.6 Å². The molecule has 0 bridgehead atoms. The van der Waals surface area contributed by atoms with Gasteiger partial charge in [0.25, 0.3) is 0 Å². The predicted octanol–water partition coefficient (Wildman–Crippen LogP) is 2.57. The van der Waals surface area contributed by atoms with Gasteiger partial charge < -0.3 is 0 Å². The highest BCUT2D eigenvalue weighted by atomic mass is 32.2. The van der Waals surface area contributed by atoms with Crippen LogP contribution < -0.4 is 0 Å². The smallest absolute Gasteiger partial charge is 0.154 e. The first-order valence-electron chi connectivity index (χ1n) is 5.15. The largest absolute Gasteiger partial charge is 0.228 e. The van der Waals surface area contributed by atoms with Gasteiger partial charge in [0.05, 0.1) is 11.5 Å². The predicted molar refractivity (Wildman–Crippen MR) is 63.5 cm³/mol. The molecule has 0 saturated carbocycles. The van der Waals surface area contributed by atoms with Gasteiger partial charge in [-0.3, -0.25) is 0 Å². The van der Waals surface area contributed by atoms with Crippen LogP contribution in [-0.4, -0.2) is 14.2 Å². The first kappa shape index (κ1) is 12.2. The molecule has 1 aromatic rings. The van der Waals surface area contributed by atoms with Crippen LogP contribution in [0.1, 0.15) is 25.0 Å². The van der Waals surface area contributed by atoms with Crippen molar-refractivity contribution >= 4 is 9.84 Å². The van der Waals surface area contributed by atoms with Crippen molar-refractivity contribution in [1.82, 2.24) is 0 Å². The third kappa shape index (κ3) is 4.47. The molecule has 1 rings (SSSR count). The van der Waals surface area contributed by atoms with Gasteiger partial charge in [0.2, 0.25) is 0 Å². The summed E-state index contributed by atoms with van der Waals surface area (Å²) in [4.78, 5) is 0. The minimum absolute atomic E-state index is 0.160. The van der Waals surface area contributed by atoms with E-state index in [1.807, 2.05) is 45.0 Å². The minimum Gasteiger partial charge on any atom is -0.228 e. The minimum atomic E-state index is -2.95. The van der Waals surface area contributed by atoms with E-state index in [1.54, 1.807) is 0 Å². The average Bonchev–Trinajstić information content (AvgIpc) is 1.99. The van der Waals surface area contributed by atoms with Crippen LogP contribution in [0, 0.1) is 12.8 Å². The Morgan fingerprint density at radius 3 is 2.47 bits per heavy atom. The van der Waals surface area contributed by atoms with Crippen molar-refractivity contribution in [2.45, 2.75) is 26.5 Å². The van der Waals surface area contributed by atoms with Crippen LogP contribution in [0.3, 0.4) is 0 Å². The van der Waals surface area contributed by atoms with E-state index in [0.717, 1.165) is 11.1 Å². The summed E-state index contributed by atoms with van der Waals surface area (Å²) in [7, 11) is -2.95. The van der Waals surface area contributed by atoms with Crippen LogP contribution in [0.5, 0.6) is 0 Å². The second-order valence-electron chi connectivity index (χ2n) is 4.44. The van der Waals surface area contributed by atoms with E-state index in [4.69, 9.17) is 0 Å². The molecule has 0 amide bonds. The molecule has 0 aromatic heterocycles. The summed E-state index contributed by atoms with van der Waals surface area (Å²) in [5, 5.41) is 0. The molecule has 0 heterocycles. The number of hydrogen-bond acceptors (Lipinski definition) is 2. The van der Waals surface area contributed by atoms with E-state index in [9.17, 15) is 8.42 Å². The summed E-state index contributed by atoms with van der Waals surface area (Å²) < 4.78 is 23.4. The van der Waals surface area contributed by atoms with Gasteiger partial charge in [-0.25, -0.2) is 8.42 Å². The highest BCUT2D eigenvalue weighted by Crippen LogP contribution is 2.11. The molecule has 0 fully saturated rings. The Balaban J connectivity index is 2.78. The van der Waals surface area contributed by atoms with Crippen LogP contribution >= 0.6 is 0 Å². The van der Waals surface area contributed by atoms with Crippen molar-refractivity contribution in [1.29, 1.82) is 0 Å². The standard InChI is InChI=1S/C12H18O2S/c1-10(2)8-15(13,14)9-12-6-4-5-11(3)7-12/h4-7,10H,8-9H2,1-3H3. The lowest BCUT2D eigenvalue weighted by atomic mass is 10.2. The third-order valence-electron chi connectivity index (χ3n) is 2.06. The Hall–Kier alpha value is -0.830. The molecule has 3 heteroatoms. The third-order valence-corrected chi connectivity index (χ3v) is 4.00.